The lowest BCUT2D eigenvalue weighted by Gasteiger charge is -2.27. The Morgan fingerprint density at radius 3 is 2.80 bits per heavy atom. The van der Waals surface area contributed by atoms with Gasteiger partial charge in [-0.05, 0) is 55.5 Å². The summed E-state index contributed by atoms with van der Waals surface area (Å²) in [4.78, 5) is 23.0. The molecule has 0 bridgehead atoms. The van der Waals surface area contributed by atoms with Gasteiger partial charge in [-0.15, -0.1) is 0 Å². The first-order chi connectivity index (χ1) is 9.43. The molecule has 1 N–H and O–H groups in total. The molecule has 4 nitrogen and oxygen atoms in total. The Kier molecular flexibility index (Phi) is 2.94. The molecular formula is C15H13NO3S. The lowest BCUT2D eigenvalue weighted by atomic mass is 10.0. The Morgan fingerprint density at radius 1 is 1.30 bits per heavy atom. The molecule has 5 heteroatoms. The van der Waals surface area contributed by atoms with Gasteiger partial charge < -0.3 is 4.74 Å². The standard InChI is InChI=1S/C15H13NO3S/c1-15(2)6-5-10-7-9(3-4-11(10)19-15)8-12-13(17)16-14(18)20-12/h3-8H,1-2H3,(H,16,17,18). The highest BCUT2D eigenvalue weighted by atomic mass is 32.2. The minimum Gasteiger partial charge on any atom is -0.483 e. The van der Waals surface area contributed by atoms with Crippen LogP contribution >= 0.6 is 11.8 Å². The van der Waals surface area contributed by atoms with E-state index < -0.39 is 0 Å². The molecule has 0 unspecified atom stereocenters. The fourth-order valence-corrected chi connectivity index (χ4v) is 2.74. The summed E-state index contributed by atoms with van der Waals surface area (Å²) in [5, 5.41) is 1.91. The monoisotopic (exact) mass is 287 g/mol. The quantitative estimate of drug-likeness (QED) is 0.806. The van der Waals surface area contributed by atoms with Crippen molar-refractivity contribution in [2.45, 2.75) is 19.4 Å². The summed E-state index contributed by atoms with van der Waals surface area (Å²) in [6.45, 7) is 3.99. The van der Waals surface area contributed by atoms with Gasteiger partial charge in [0.2, 0.25) is 0 Å². The van der Waals surface area contributed by atoms with Crippen LogP contribution in [0.1, 0.15) is 25.0 Å². The fraction of sp³-hybridized carbons (Fsp3) is 0.200. The van der Waals surface area contributed by atoms with Crippen LogP contribution in [0.15, 0.2) is 29.2 Å². The van der Waals surface area contributed by atoms with Crippen LogP contribution in [-0.2, 0) is 4.79 Å². The Morgan fingerprint density at radius 2 is 2.10 bits per heavy atom. The highest BCUT2D eigenvalue weighted by Crippen LogP contribution is 2.33. The van der Waals surface area contributed by atoms with Gasteiger partial charge in [0.25, 0.3) is 11.1 Å². The maximum atomic E-state index is 11.5. The van der Waals surface area contributed by atoms with Gasteiger partial charge in [-0.25, -0.2) is 0 Å². The second kappa shape index (κ2) is 4.52. The number of benzene rings is 1. The number of imide groups is 1. The normalized spacial score (nSPS) is 21.6. The molecule has 1 saturated heterocycles. The Labute approximate surface area is 120 Å². The molecule has 1 aromatic rings. The summed E-state index contributed by atoms with van der Waals surface area (Å²) in [5.41, 5.74) is 1.53. The predicted octanol–water partition coefficient (Wildman–Crippen LogP) is 3.19. The van der Waals surface area contributed by atoms with Crippen molar-refractivity contribution in [1.29, 1.82) is 0 Å². The van der Waals surface area contributed by atoms with Gasteiger partial charge in [0.15, 0.2) is 0 Å². The molecule has 20 heavy (non-hydrogen) atoms. The Balaban J connectivity index is 1.93. The van der Waals surface area contributed by atoms with Gasteiger partial charge in [-0.2, -0.15) is 0 Å². The number of ether oxygens (including phenoxy) is 1. The molecule has 2 aliphatic heterocycles. The van der Waals surface area contributed by atoms with Crippen molar-refractivity contribution < 1.29 is 14.3 Å². The van der Waals surface area contributed by atoms with Crippen molar-refractivity contribution in [1.82, 2.24) is 5.32 Å². The number of carbonyl (C=O) groups excluding carboxylic acids is 2. The molecular weight excluding hydrogens is 274 g/mol. The van der Waals surface area contributed by atoms with Crippen LogP contribution in [0, 0.1) is 0 Å². The van der Waals surface area contributed by atoms with E-state index in [1.165, 1.54) is 0 Å². The molecule has 2 heterocycles. The zero-order valence-corrected chi connectivity index (χ0v) is 11.9. The molecule has 0 atom stereocenters. The molecule has 3 rings (SSSR count). The molecule has 2 amide bonds. The van der Waals surface area contributed by atoms with E-state index in [1.54, 1.807) is 6.08 Å². The van der Waals surface area contributed by atoms with Gasteiger partial charge in [0.05, 0.1) is 4.91 Å². The Bertz CT molecular complexity index is 674. The minimum atomic E-state index is -0.342. The van der Waals surface area contributed by atoms with E-state index in [-0.39, 0.29) is 16.7 Å². The number of hydrogen-bond acceptors (Lipinski definition) is 4. The van der Waals surface area contributed by atoms with Crippen LogP contribution in [0.4, 0.5) is 4.79 Å². The number of fused-ring (bicyclic) bond motifs is 1. The van der Waals surface area contributed by atoms with Gasteiger partial charge >= 0.3 is 0 Å². The van der Waals surface area contributed by atoms with Crippen LogP contribution in [0.3, 0.4) is 0 Å². The largest absolute Gasteiger partial charge is 0.483 e. The first-order valence-corrected chi connectivity index (χ1v) is 7.02. The molecule has 2 aliphatic rings. The summed E-state index contributed by atoms with van der Waals surface area (Å²) < 4.78 is 5.84. The minimum absolute atomic E-state index is 0.305. The first-order valence-electron chi connectivity index (χ1n) is 6.20. The third-order valence-electron chi connectivity index (χ3n) is 3.01. The summed E-state index contributed by atoms with van der Waals surface area (Å²) >= 11 is 0.918. The lowest BCUT2D eigenvalue weighted by molar-refractivity contribution is -0.115. The summed E-state index contributed by atoms with van der Waals surface area (Å²) in [6, 6.07) is 5.69. The van der Waals surface area contributed by atoms with Crippen LogP contribution in [0.5, 0.6) is 5.75 Å². The van der Waals surface area contributed by atoms with Crippen LogP contribution in [0.25, 0.3) is 12.2 Å². The summed E-state index contributed by atoms with van der Waals surface area (Å²) in [7, 11) is 0. The molecule has 1 aromatic carbocycles. The van der Waals surface area contributed by atoms with E-state index in [2.05, 4.69) is 5.32 Å². The van der Waals surface area contributed by atoms with Crippen LogP contribution < -0.4 is 10.1 Å². The lowest BCUT2D eigenvalue weighted by Crippen LogP contribution is -2.27. The van der Waals surface area contributed by atoms with E-state index in [1.807, 2.05) is 44.2 Å². The van der Waals surface area contributed by atoms with Gasteiger partial charge in [0.1, 0.15) is 11.4 Å². The van der Waals surface area contributed by atoms with Gasteiger partial charge in [0, 0.05) is 5.56 Å². The second-order valence-electron chi connectivity index (χ2n) is 5.19. The molecule has 0 aromatic heterocycles. The van der Waals surface area contributed by atoms with Crippen molar-refractivity contribution in [3.63, 3.8) is 0 Å². The zero-order chi connectivity index (χ0) is 14.3. The SMILES string of the molecule is CC1(C)C=Cc2cc(C=C3SC(=O)NC3=O)ccc2O1. The second-order valence-corrected chi connectivity index (χ2v) is 6.20. The predicted molar refractivity (Wildman–Crippen MR) is 79.3 cm³/mol. The van der Waals surface area contributed by atoms with Crippen molar-refractivity contribution >= 4 is 35.1 Å². The smallest absolute Gasteiger partial charge is 0.290 e. The van der Waals surface area contributed by atoms with Crippen molar-refractivity contribution in [2.75, 3.05) is 0 Å². The number of hydrogen-bond donors (Lipinski definition) is 1. The topological polar surface area (TPSA) is 55.4 Å². The summed E-state index contributed by atoms with van der Waals surface area (Å²) in [6.07, 6.45) is 5.71. The fourth-order valence-electron chi connectivity index (χ4n) is 2.06. The molecule has 0 spiro atoms. The van der Waals surface area contributed by atoms with E-state index in [4.69, 9.17) is 4.74 Å². The van der Waals surface area contributed by atoms with Crippen LogP contribution in [0.2, 0.25) is 0 Å². The zero-order valence-electron chi connectivity index (χ0n) is 11.1. The van der Waals surface area contributed by atoms with E-state index >= 15 is 0 Å². The van der Waals surface area contributed by atoms with Crippen molar-refractivity contribution in [3.8, 4) is 5.75 Å². The molecule has 0 saturated carbocycles. The number of rotatable bonds is 1. The molecule has 0 aliphatic carbocycles. The maximum Gasteiger partial charge on any atom is 0.290 e. The number of nitrogens with one attached hydrogen (secondary N) is 1. The van der Waals surface area contributed by atoms with Gasteiger partial charge in [-0.3, -0.25) is 14.9 Å². The third-order valence-corrected chi connectivity index (χ3v) is 3.82. The van der Waals surface area contributed by atoms with E-state index in [0.717, 1.165) is 28.6 Å². The average molecular weight is 287 g/mol. The number of thioether (sulfide) groups is 1. The molecule has 102 valence electrons. The number of carbonyl (C=O) groups is 2. The average Bonchev–Trinajstić information content (AvgIpc) is 2.67. The maximum absolute atomic E-state index is 11.5. The number of amides is 2. The molecule has 0 radical (unpaired) electrons. The van der Waals surface area contributed by atoms with Crippen molar-refractivity contribution in [2.24, 2.45) is 0 Å². The Hall–Kier alpha value is -2.01. The highest BCUT2D eigenvalue weighted by Gasteiger charge is 2.25. The van der Waals surface area contributed by atoms with Crippen molar-refractivity contribution in [3.05, 3.63) is 40.3 Å². The molecule has 1 fully saturated rings. The third kappa shape index (κ3) is 2.49. The van der Waals surface area contributed by atoms with E-state index in [9.17, 15) is 9.59 Å². The van der Waals surface area contributed by atoms with E-state index in [0.29, 0.717) is 4.91 Å². The highest BCUT2D eigenvalue weighted by molar-refractivity contribution is 8.18. The summed E-state index contributed by atoms with van der Waals surface area (Å²) in [5.74, 6) is 0.477. The van der Waals surface area contributed by atoms with Gasteiger partial charge in [-0.1, -0.05) is 12.1 Å². The first kappa shape index (κ1) is 13.0. The van der Waals surface area contributed by atoms with Crippen LogP contribution in [-0.4, -0.2) is 16.7 Å².